The standard InChI is InChI=1S/C27H29ClN2O6S2.C27H29ClN2O5S2/c1-3-24(26(32)17-37(34)16-20-5-4-6-22(28)14-20)30-27(33)21-9-7-19(8-10-21)15-29-38(35,36)23-11-12-25(31)18(2)13-23;1-3-24(26(32)17-36-16-20-5-4-6-22(28)14-20)30-27(33)21-9-7-19(8-10-21)15-29-37(34,35)23-11-12-25(31)18(2)13-23/h4-14,24,29,31H,3,15-17H2,1-2H3,(H,30,33);4-14,24,29,31H,3,15-17H2,1-2H3,(H,30,33)/t24-,37?;24-/m00/s1. The normalized spacial score (nSPS) is 12.6. The van der Waals surface area contributed by atoms with Crippen molar-refractivity contribution in [2.45, 2.75) is 87.0 Å². The lowest BCUT2D eigenvalue weighted by molar-refractivity contribution is -0.119. The smallest absolute Gasteiger partial charge is 0.251 e. The molecule has 0 heterocycles. The van der Waals surface area contributed by atoms with Gasteiger partial charge >= 0.3 is 0 Å². The molecular weight excluding hydrogens is 1080 g/mol. The van der Waals surface area contributed by atoms with Crippen LogP contribution in [0.25, 0.3) is 0 Å². The third kappa shape index (κ3) is 18.7. The Kier molecular flexibility index (Phi) is 22.6. The maximum Gasteiger partial charge on any atom is 0.251 e. The van der Waals surface area contributed by atoms with Crippen LogP contribution in [0.15, 0.2) is 143 Å². The molecule has 0 spiro atoms. The van der Waals surface area contributed by atoms with Crippen molar-refractivity contribution in [3.05, 3.63) is 188 Å². The number of halogens is 2. The SMILES string of the molecule is CC[C@H](NC(=O)c1ccc(CNS(=O)(=O)c2ccc(O)c(C)c2)cc1)C(=O)CS(=O)Cc1cccc(Cl)c1.CC[C@H](NC(=O)c1ccc(CNS(=O)(=O)c2ccc(O)c(C)c2)cc1)C(=O)CSCc1cccc(Cl)c1. The largest absolute Gasteiger partial charge is 0.508 e. The highest BCUT2D eigenvalue weighted by Crippen LogP contribution is 2.23. The second-order valence-corrected chi connectivity index (χ2v) is 24.1. The van der Waals surface area contributed by atoms with E-state index in [9.17, 15) is 50.4 Å². The molecule has 6 aromatic carbocycles. The Morgan fingerprint density at radius 1 is 0.573 bits per heavy atom. The summed E-state index contributed by atoms with van der Waals surface area (Å²) in [4.78, 5) is 50.9. The van der Waals surface area contributed by atoms with Crippen LogP contribution in [-0.4, -0.2) is 78.2 Å². The lowest BCUT2D eigenvalue weighted by Gasteiger charge is -2.16. The molecule has 0 aliphatic heterocycles. The van der Waals surface area contributed by atoms with Crippen LogP contribution in [0.3, 0.4) is 0 Å². The number of thioether (sulfide) groups is 1. The average molecular weight is 1140 g/mol. The van der Waals surface area contributed by atoms with Gasteiger partial charge in [0.05, 0.1) is 33.4 Å². The number of Topliss-reactive ketones (excluding diaryl/α,β-unsaturated/α-hetero) is 2. The van der Waals surface area contributed by atoms with E-state index < -0.39 is 48.8 Å². The summed E-state index contributed by atoms with van der Waals surface area (Å²) in [6.07, 6.45) is 0.814. The molecule has 0 saturated carbocycles. The Bertz CT molecular complexity index is 3230. The summed E-state index contributed by atoms with van der Waals surface area (Å²) >= 11 is 13.4. The van der Waals surface area contributed by atoms with Crippen molar-refractivity contribution >= 4 is 89.2 Å². The van der Waals surface area contributed by atoms with E-state index in [1.54, 1.807) is 87.5 Å². The molecule has 0 aliphatic rings. The minimum Gasteiger partial charge on any atom is -0.508 e. The van der Waals surface area contributed by atoms with Gasteiger partial charge in [0.2, 0.25) is 20.0 Å². The van der Waals surface area contributed by atoms with Gasteiger partial charge in [-0.05, 0) is 145 Å². The number of sulfonamides is 2. The van der Waals surface area contributed by atoms with Gasteiger partial charge in [0.25, 0.3) is 11.8 Å². The Balaban J connectivity index is 0.000000277. The number of hydrogen-bond acceptors (Lipinski definition) is 12. The third-order valence-electron chi connectivity index (χ3n) is 11.4. The Morgan fingerprint density at radius 3 is 1.43 bits per heavy atom. The maximum atomic E-state index is 12.7. The molecule has 0 aliphatic carbocycles. The summed E-state index contributed by atoms with van der Waals surface area (Å²) in [5.74, 6) is -0.260. The predicted octanol–water partition coefficient (Wildman–Crippen LogP) is 8.70. The number of phenolic OH excluding ortho intramolecular Hbond substituents is 2. The van der Waals surface area contributed by atoms with Crippen LogP contribution in [-0.2, 0) is 65.0 Å². The van der Waals surface area contributed by atoms with Gasteiger partial charge in [-0.1, -0.05) is 85.6 Å². The summed E-state index contributed by atoms with van der Waals surface area (Å²) in [7, 11) is -9.01. The molecule has 6 N–H and O–H groups in total. The third-order valence-corrected chi connectivity index (χ3v) is 17.0. The van der Waals surface area contributed by atoms with Gasteiger partial charge in [0, 0.05) is 56.6 Å². The quantitative estimate of drug-likeness (QED) is 0.0334. The molecule has 1 unspecified atom stereocenters. The van der Waals surface area contributed by atoms with Crippen molar-refractivity contribution in [2.24, 2.45) is 0 Å². The Morgan fingerprint density at radius 2 is 1.00 bits per heavy atom. The molecule has 15 nitrogen and oxygen atoms in total. The first-order valence-electron chi connectivity index (χ1n) is 23.4. The second-order valence-electron chi connectivity index (χ2n) is 17.2. The number of aryl methyl sites for hydroxylation is 2. The van der Waals surface area contributed by atoms with Crippen LogP contribution in [0.2, 0.25) is 10.0 Å². The number of carbonyl (C=O) groups excluding carboxylic acids is 4. The van der Waals surface area contributed by atoms with E-state index in [1.165, 1.54) is 60.3 Å². The van der Waals surface area contributed by atoms with Crippen molar-refractivity contribution < 1.29 is 50.4 Å². The molecule has 6 rings (SSSR count). The number of phenols is 2. The van der Waals surface area contributed by atoms with Crippen LogP contribution in [0.5, 0.6) is 11.5 Å². The number of rotatable bonds is 24. The zero-order chi connectivity index (χ0) is 54.9. The molecule has 3 atom stereocenters. The van der Waals surface area contributed by atoms with E-state index in [0.29, 0.717) is 62.0 Å². The maximum absolute atomic E-state index is 12.7. The molecule has 0 bridgehead atoms. The molecule has 75 heavy (non-hydrogen) atoms. The first kappa shape index (κ1) is 60.0. The fraction of sp³-hybridized carbons (Fsp3) is 0.259. The topological polar surface area (TPSA) is 242 Å². The monoisotopic (exact) mass is 1140 g/mol. The predicted molar refractivity (Wildman–Crippen MR) is 296 cm³/mol. The van der Waals surface area contributed by atoms with E-state index in [2.05, 4.69) is 20.1 Å². The summed E-state index contributed by atoms with van der Waals surface area (Å²) in [6.45, 7) is 6.86. The van der Waals surface area contributed by atoms with E-state index in [4.69, 9.17) is 23.2 Å². The first-order valence-corrected chi connectivity index (χ1v) is 29.8. The van der Waals surface area contributed by atoms with Crippen LogP contribution < -0.4 is 20.1 Å². The summed E-state index contributed by atoms with van der Waals surface area (Å²) in [6, 6.07) is 33.9. The van der Waals surface area contributed by atoms with E-state index in [1.807, 2.05) is 25.1 Å². The molecule has 398 valence electrons. The zero-order valence-electron chi connectivity index (χ0n) is 41.5. The summed E-state index contributed by atoms with van der Waals surface area (Å²) in [5.41, 5.74) is 4.66. The molecule has 21 heteroatoms. The van der Waals surface area contributed by atoms with E-state index >= 15 is 0 Å². The number of carbonyl (C=O) groups is 4. The first-order chi connectivity index (χ1) is 35.6. The molecule has 2 amide bonds. The van der Waals surface area contributed by atoms with Crippen molar-refractivity contribution in [2.75, 3.05) is 11.5 Å². The van der Waals surface area contributed by atoms with Gasteiger partial charge in [0.15, 0.2) is 11.6 Å². The number of hydrogen-bond donors (Lipinski definition) is 6. The van der Waals surface area contributed by atoms with E-state index in [-0.39, 0.29) is 69.1 Å². The van der Waals surface area contributed by atoms with Crippen molar-refractivity contribution in [3.63, 3.8) is 0 Å². The number of nitrogens with one attached hydrogen (secondary N) is 4. The van der Waals surface area contributed by atoms with Crippen molar-refractivity contribution in [1.29, 1.82) is 0 Å². The number of ketones is 2. The number of benzene rings is 6. The van der Waals surface area contributed by atoms with Gasteiger partial charge in [-0.15, -0.1) is 11.8 Å². The van der Waals surface area contributed by atoms with Gasteiger partial charge < -0.3 is 20.8 Å². The molecule has 0 radical (unpaired) electrons. The fourth-order valence-electron chi connectivity index (χ4n) is 7.08. The highest BCUT2D eigenvalue weighted by atomic mass is 35.5. The lowest BCUT2D eigenvalue weighted by Crippen LogP contribution is -2.42. The Labute approximate surface area is 454 Å². The highest BCUT2D eigenvalue weighted by molar-refractivity contribution is 7.99. The number of amides is 2. The van der Waals surface area contributed by atoms with Gasteiger partial charge in [0.1, 0.15) is 11.5 Å². The second kappa shape index (κ2) is 28.3. The molecule has 0 saturated heterocycles. The Hall–Kier alpha value is -5.90. The lowest BCUT2D eigenvalue weighted by atomic mass is 10.1. The van der Waals surface area contributed by atoms with Gasteiger partial charge in [-0.3, -0.25) is 23.4 Å². The van der Waals surface area contributed by atoms with Crippen molar-refractivity contribution in [1.82, 2.24) is 20.1 Å². The number of aromatic hydroxyl groups is 2. The van der Waals surface area contributed by atoms with Crippen molar-refractivity contribution in [3.8, 4) is 11.5 Å². The molecule has 6 aromatic rings. The minimum atomic E-state index is -3.79. The van der Waals surface area contributed by atoms with Crippen LogP contribution in [0, 0.1) is 13.8 Å². The van der Waals surface area contributed by atoms with Gasteiger partial charge in [-0.2, -0.15) is 0 Å². The average Bonchev–Trinajstić information content (AvgIpc) is 3.37. The van der Waals surface area contributed by atoms with Crippen LogP contribution in [0.1, 0.15) is 80.8 Å². The molecular formula is C54H58Cl2N4O11S4. The summed E-state index contributed by atoms with van der Waals surface area (Å²) < 4.78 is 67.6. The molecule has 0 fully saturated rings. The minimum absolute atomic E-state index is 0.00132. The fourth-order valence-corrected chi connectivity index (χ4v) is 11.8. The highest BCUT2D eigenvalue weighted by Gasteiger charge is 2.23. The van der Waals surface area contributed by atoms with Gasteiger partial charge in [-0.25, -0.2) is 26.3 Å². The molecule has 0 aromatic heterocycles. The van der Waals surface area contributed by atoms with Crippen LogP contribution >= 0.6 is 35.0 Å². The summed E-state index contributed by atoms with van der Waals surface area (Å²) in [5, 5.41) is 25.9. The van der Waals surface area contributed by atoms with Crippen LogP contribution in [0.4, 0.5) is 0 Å². The zero-order valence-corrected chi connectivity index (χ0v) is 46.2. The van der Waals surface area contributed by atoms with E-state index in [0.717, 1.165) is 11.1 Å².